The van der Waals surface area contributed by atoms with Crippen LogP contribution >= 0.6 is 0 Å². The highest BCUT2D eigenvalue weighted by Gasteiger charge is 2.37. The van der Waals surface area contributed by atoms with Crippen LogP contribution in [0.2, 0.25) is 0 Å². The molecule has 1 rings (SSSR count). The largest absolute Gasteiger partial charge is 0.370 e. The molecule has 0 bridgehead atoms. The summed E-state index contributed by atoms with van der Waals surface area (Å²) in [5.41, 5.74) is 0. The van der Waals surface area contributed by atoms with Crippen molar-refractivity contribution >= 4 is 0 Å². The van der Waals surface area contributed by atoms with Gasteiger partial charge in [0.25, 0.3) is 0 Å². The molecule has 0 N–H and O–H groups in total. The van der Waals surface area contributed by atoms with Crippen LogP contribution in [0.5, 0.6) is 0 Å². The Balaban J connectivity index is 1.73. The van der Waals surface area contributed by atoms with Gasteiger partial charge in [0.05, 0.1) is 12.2 Å². The summed E-state index contributed by atoms with van der Waals surface area (Å²) in [4.78, 5) is 0. The van der Waals surface area contributed by atoms with Crippen LogP contribution in [-0.4, -0.2) is 12.2 Å². The second-order valence-electron chi connectivity index (χ2n) is 7.15. The maximum atomic E-state index is 5.75. The zero-order valence-electron chi connectivity index (χ0n) is 14.3. The van der Waals surface area contributed by atoms with Crippen LogP contribution in [0.3, 0.4) is 0 Å². The van der Waals surface area contributed by atoms with Crippen LogP contribution in [0, 0.1) is 5.92 Å². The lowest BCUT2D eigenvalue weighted by molar-refractivity contribution is 0.343. The fourth-order valence-electron chi connectivity index (χ4n) is 3.02. The van der Waals surface area contributed by atoms with E-state index in [0.29, 0.717) is 12.2 Å². The van der Waals surface area contributed by atoms with Crippen LogP contribution in [0.25, 0.3) is 0 Å². The fourth-order valence-corrected chi connectivity index (χ4v) is 3.02. The summed E-state index contributed by atoms with van der Waals surface area (Å²) in [7, 11) is 0. The first-order chi connectivity index (χ1) is 9.74. The average Bonchev–Trinajstić information content (AvgIpc) is 3.17. The Morgan fingerprint density at radius 3 is 1.75 bits per heavy atom. The van der Waals surface area contributed by atoms with Gasteiger partial charge < -0.3 is 4.74 Å². The zero-order chi connectivity index (χ0) is 14.6. The Morgan fingerprint density at radius 1 is 0.700 bits per heavy atom. The Hall–Kier alpha value is -0.0400. The van der Waals surface area contributed by atoms with E-state index in [4.69, 9.17) is 4.74 Å². The van der Waals surface area contributed by atoms with Gasteiger partial charge in [-0.15, -0.1) is 0 Å². The molecule has 0 aliphatic carbocycles. The van der Waals surface area contributed by atoms with Gasteiger partial charge in [0.1, 0.15) is 0 Å². The van der Waals surface area contributed by atoms with Crippen molar-refractivity contribution < 1.29 is 4.74 Å². The number of hydrogen-bond acceptors (Lipinski definition) is 1. The van der Waals surface area contributed by atoms with Crippen molar-refractivity contribution in [3.05, 3.63) is 0 Å². The third-order valence-corrected chi connectivity index (χ3v) is 4.56. The summed E-state index contributed by atoms with van der Waals surface area (Å²) < 4.78 is 5.75. The molecule has 20 heavy (non-hydrogen) atoms. The van der Waals surface area contributed by atoms with Gasteiger partial charge in [-0.1, -0.05) is 85.0 Å². The molecular weight excluding hydrogens is 244 g/mol. The van der Waals surface area contributed by atoms with Gasteiger partial charge in [0.2, 0.25) is 0 Å². The Morgan fingerprint density at radius 2 is 1.20 bits per heavy atom. The zero-order valence-corrected chi connectivity index (χ0v) is 14.3. The van der Waals surface area contributed by atoms with Crippen molar-refractivity contribution in [3.8, 4) is 0 Å². The molecule has 0 amide bonds. The smallest absolute Gasteiger partial charge is 0.0842 e. The summed E-state index contributed by atoms with van der Waals surface area (Å²) in [6.07, 6.45) is 19.5. The molecule has 120 valence electrons. The first kappa shape index (κ1) is 18.0. The maximum absolute atomic E-state index is 5.75. The van der Waals surface area contributed by atoms with Gasteiger partial charge in [-0.3, -0.25) is 0 Å². The lowest BCUT2D eigenvalue weighted by Gasteiger charge is -2.02. The highest BCUT2D eigenvalue weighted by Crippen LogP contribution is 2.32. The summed E-state index contributed by atoms with van der Waals surface area (Å²) in [5.74, 6) is 0.831. The molecule has 0 aromatic carbocycles. The predicted octanol–water partition coefficient (Wildman–Crippen LogP) is 6.50. The second-order valence-corrected chi connectivity index (χ2v) is 7.15. The number of epoxide rings is 1. The molecule has 1 saturated heterocycles. The van der Waals surface area contributed by atoms with Crippen molar-refractivity contribution in [3.63, 3.8) is 0 Å². The molecule has 0 aromatic heterocycles. The first-order valence-corrected chi connectivity index (χ1v) is 9.39. The van der Waals surface area contributed by atoms with E-state index in [0.717, 1.165) is 5.92 Å². The molecule has 2 atom stereocenters. The van der Waals surface area contributed by atoms with Crippen molar-refractivity contribution in [1.29, 1.82) is 0 Å². The lowest BCUT2D eigenvalue weighted by atomic mass is 10.0. The molecular formula is C19H38O. The standard InChI is InChI=1S/C19H38O/c1-4-5-6-7-8-9-10-11-12-13-14-18-19(20-18)16-15-17(2)3/h17-19H,4-16H2,1-3H3. The molecule has 1 aliphatic heterocycles. The van der Waals surface area contributed by atoms with Gasteiger partial charge in [0, 0.05) is 0 Å². The average molecular weight is 283 g/mol. The SMILES string of the molecule is CCCCCCCCCCCCC1OC1CCC(C)C. The van der Waals surface area contributed by atoms with E-state index < -0.39 is 0 Å². The van der Waals surface area contributed by atoms with Crippen molar-refractivity contribution in [2.75, 3.05) is 0 Å². The minimum absolute atomic E-state index is 0.621. The van der Waals surface area contributed by atoms with E-state index in [1.165, 1.54) is 83.5 Å². The molecule has 1 fully saturated rings. The van der Waals surface area contributed by atoms with E-state index in [-0.39, 0.29) is 0 Å². The normalized spacial score (nSPS) is 21.6. The third-order valence-electron chi connectivity index (χ3n) is 4.56. The summed E-state index contributed by atoms with van der Waals surface area (Å²) in [5, 5.41) is 0. The van der Waals surface area contributed by atoms with E-state index in [9.17, 15) is 0 Å². The van der Waals surface area contributed by atoms with Crippen LogP contribution < -0.4 is 0 Å². The Labute approximate surface area is 127 Å². The highest BCUT2D eigenvalue weighted by molar-refractivity contribution is 4.84. The quantitative estimate of drug-likeness (QED) is 0.261. The third kappa shape index (κ3) is 9.80. The molecule has 0 aromatic rings. The topological polar surface area (TPSA) is 12.5 Å². The van der Waals surface area contributed by atoms with Gasteiger partial charge >= 0.3 is 0 Å². The van der Waals surface area contributed by atoms with Crippen molar-refractivity contribution in [2.45, 2.75) is 116 Å². The van der Waals surface area contributed by atoms with E-state index in [1.54, 1.807) is 0 Å². The van der Waals surface area contributed by atoms with Gasteiger partial charge in [0.15, 0.2) is 0 Å². The molecule has 1 aliphatic rings. The lowest BCUT2D eigenvalue weighted by Crippen LogP contribution is -1.97. The molecule has 0 spiro atoms. The second kappa shape index (κ2) is 11.6. The number of unbranched alkanes of at least 4 members (excludes halogenated alkanes) is 9. The number of rotatable bonds is 14. The number of ether oxygens (including phenoxy) is 1. The van der Waals surface area contributed by atoms with Gasteiger partial charge in [-0.2, -0.15) is 0 Å². The van der Waals surface area contributed by atoms with Gasteiger partial charge in [-0.05, 0) is 25.2 Å². The number of hydrogen-bond donors (Lipinski definition) is 0. The highest BCUT2D eigenvalue weighted by atomic mass is 16.6. The Bertz CT molecular complexity index is 212. The first-order valence-electron chi connectivity index (χ1n) is 9.39. The van der Waals surface area contributed by atoms with E-state index in [1.807, 2.05) is 0 Å². The minimum atomic E-state index is 0.621. The van der Waals surface area contributed by atoms with Crippen LogP contribution in [-0.2, 0) is 4.74 Å². The molecule has 1 heterocycles. The molecule has 1 heteroatoms. The van der Waals surface area contributed by atoms with Crippen molar-refractivity contribution in [2.24, 2.45) is 5.92 Å². The monoisotopic (exact) mass is 282 g/mol. The summed E-state index contributed by atoms with van der Waals surface area (Å²) in [6, 6.07) is 0. The molecule has 1 nitrogen and oxygen atoms in total. The maximum Gasteiger partial charge on any atom is 0.0842 e. The summed E-state index contributed by atoms with van der Waals surface area (Å²) in [6.45, 7) is 6.90. The molecule has 0 radical (unpaired) electrons. The van der Waals surface area contributed by atoms with Gasteiger partial charge in [-0.25, -0.2) is 0 Å². The van der Waals surface area contributed by atoms with Crippen LogP contribution in [0.4, 0.5) is 0 Å². The molecule has 0 saturated carbocycles. The fraction of sp³-hybridized carbons (Fsp3) is 1.00. The summed E-state index contributed by atoms with van der Waals surface area (Å²) >= 11 is 0. The predicted molar refractivity (Wildman–Crippen MR) is 89.2 cm³/mol. The van der Waals surface area contributed by atoms with E-state index in [2.05, 4.69) is 20.8 Å². The van der Waals surface area contributed by atoms with Crippen LogP contribution in [0.15, 0.2) is 0 Å². The van der Waals surface area contributed by atoms with E-state index >= 15 is 0 Å². The Kier molecular flexibility index (Phi) is 10.4. The van der Waals surface area contributed by atoms with Crippen LogP contribution in [0.1, 0.15) is 104 Å². The van der Waals surface area contributed by atoms with Crippen molar-refractivity contribution in [1.82, 2.24) is 0 Å². The molecule has 2 unspecified atom stereocenters. The minimum Gasteiger partial charge on any atom is -0.370 e.